The van der Waals surface area contributed by atoms with E-state index >= 15 is 0 Å². The van der Waals surface area contributed by atoms with Crippen LogP contribution in [0, 0.1) is 0 Å². The number of pyridine rings is 1. The van der Waals surface area contributed by atoms with E-state index in [2.05, 4.69) is 50.0 Å². The molecule has 182 valence electrons. The fraction of sp³-hybridized carbons (Fsp3) is 0.407. The molecule has 1 unspecified atom stereocenters. The Bertz CT molecular complexity index is 1430. The number of benzene rings is 1. The molecular weight excluding hydrogens is 476 g/mol. The monoisotopic (exact) mass is 506 g/mol. The maximum atomic E-state index is 13.7. The normalized spacial score (nSPS) is 16.5. The van der Waals surface area contributed by atoms with Crippen LogP contribution >= 0.6 is 23.1 Å². The SMILES string of the molecule is CC(C)c1ccc(Cn2c(SCC(=O)N3CCCCC3C)nc3c(sc4ncccc43)c2=O)cc1. The molecule has 0 aliphatic carbocycles. The van der Waals surface area contributed by atoms with Gasteiger partial charge in [0.15, 0.2) is 5.16 Å². The summed E-state index contributed by atoms with van der Waals surface area (Å²) in [5.41, 5.74) is 2.90. The number of nitrogens with zero attached hydrogens (tertiary/aromatic N) is 4. The number of carbonyl (C=O) groups excluding carboxylic acids is 1. The zero-order valence-corrected chi connectivity index (χ0v) is 22.0. The summed E-state index contributed by atoms with van der Waals surface area (Å²) in [4.78, 5) is 38.9. The van der Waals surface area contributed by atoms with Crippen molar-refractivity contribution in [3.05, 3.63) is 64.1 Å². The molecule has 0 radical (unpaired) electrons. The van der Waals surface area contributed by atoms with Crippen molar-refractivity contribution in [2.45, 2.75) is 63.7 Å². The fourth-order valence-electron chi connectivity index (χ4n) is 4.66. The Labute approximate surface area is 213 Å². The predicted octanol–water partition coefficient (Wildman–Crippen LogP) is 5.67. The lowest BCUT2D eigenvalue weighted by atomic mass is 10.0. The van der Waals surface area contributed by atoms with Crippen molar-refractivity contribution >= 4 is 49.4 Å². The zero-order chi connectivity index (χ0) is 24.5. The Kier molecular flexibility index (Phi) is 6.93. The van der Waals surface area contributed by atoms with E-state index < -0.39 is 0 Å². The molecule has 1 saturated heterocycles. The molecule has 1 aliphatic heterocycles. The number of fused-ring (bicyclic) bond motifs is 3. The maximum absolute atomic E-state index is 13.7. The fourth-order valence-corrected chi connectivity index (χ4v) is 6.57. The second-order valence-electron chi connectivity index (χ2n) is 9.54. The van der Waals surface area contributed by atoms with Gasteiger partial charge < -0.3 is 4.90 Å². The largest absolute Gasteiger partial charge is 0.339 e. The highest BCUT2D eigenvalue weighted by Crippen LogP contribution is 2.31. The highest BCUT2D eigenvalue weighted by Gasteiger charge is 2.24. The average molecular weight is 507 g/mol. The quantitative estimate of drug-likeness (QED) is 0.249. The first-order valence-corrected chi connectivity index (χ1v) is 14.0. The van der Waals surface area contributed by atoms with Crippen molar-refractivity contribution in [2.24, 2.45) is 0 Å². The molecule has 6 nitrogen and oxygen atoms in total. The van der Waals surface area contributed by atoms with Crippen LogP contribution in [-0.2, 0) is 11.3 Å². The number of likely N-dealkylation sites (tertiary alicyclic amines) is 1. The molecule has 35 heavy (non-hydrogen) atoms. The first-order valence-electron chi connectivity index (χ1n) is 12.2. The van der Waals surface area contributed by atoms with E-state index in [1.807, 2.05) is 17.0 Å². The van der Waals surface area contributed by atoms with Crippen molar-refractivity contribution in [3.63, 3.8) is 0 Å². The minimum Gasteiger partial charge on any atom is -0.339 e. The van der Waals surface area contributed by atoms with E-state index in [0.717, 1.165) is 35.2 Å². The molecule has 1 amide bonds. The number of aromatic nitrogens is 3. The second kappa shape index (κ2) is 10.1. The average Bonchev–Trinajstić information content (AvgIpc) is 3.24. The van der Waals surface area contributed by atoms with Gasteiger partial charge >= 0.3 is 0 Å². The molecule has 8 heteroatoms. The molecule has 0 spiro atoms. The van der Waals surface area contributed by atoms with Crippen LogP contribution in [0.25, 0.3) is 20.4 Å². The van der Waals surface area contributed by atoms with Gasteiger partial charge in [0.1, 0.15) is 9.53 Å². The van der Waals surface area contributed by atoms with Crippen LogP contribution < -0.4 is 5.56 Å². The number of hydrogen-bond acceptors (Lipinski definition) is 6. The molecule has 4 aromatic rings. The van der Waals surface area contributed by atoms with Crippen LogP contribution in [-0.4, -0.2) is 43.7 Å². The predicted molar refractivity (Wildman–Crippen MR) is 145 cm³/mol. The molecule has 0 saturated carbocycles. The number of thiophene rings is 1. The van der Waals surface area contributed by atoms with E-state index in [-0.39, 0.29) is 23.3 Å². The first-order chi connectivity index (χ1) is 16.9. The summed E-state index contributed by atoms with van der Waals surface area (Å²) < 4.78 is 2.33. The van der Waals surface area contributed by atoms with Crippen LogP contribution in [0.15, 0.2) is 52.5 Å². The van der Waals surface area contributed by atoms with E-state index in [0.29, 0.717) is 27.8 Å². The van der Waals surface area contributed by atoms with Crippen LogP contribution in [0.1, 0.15) is 57.1 Å². The minimum atomic E-state index is -0.0766. The third kappa shape index (κ3) is 4.86. The van der Waals surface area contributed by atoms with Gasteiger partial charge in [0.25, 0.3) is 5.56 Å². The van der Waals surface area contributed by atoms with E-state index in [1.54, 1.807) is 10.8 Å². The van der Waals surface area contributed by atoms with Gasteiger partial charge in [-0.15, -0.1) is 11.3 Å². The standard InChI is InChI=1S/C27H30N4O2S2/c1-17(2)20-11-9-19(10-12-20)15-31-26(33)24-23(21-8-6-13-28-25(21)35-24)29-27(31)34-16-22(32)30-14-5-4-7-18(30)3/h6,8-13,17-18H,4-5,7,14-16H2,1-3H3. The Balaban J connectivity index is 1.52. The lowest BCUT2D eigenvalue weighted by Crippen LogP contribution is -2.43. The van der Waals surface area contributed by atoms with Gasteiger partial charge in [0.2, 0.25) is 5.91 Å². The van der Waals surface area contributed by atoms with Crippen molar-refractivity contribution in [1.82, 2.24) is 19.4 Å². The number of piperidine rings is 1. The number of hydrogen-bond donors (Lipinski definition) is 0. The van der Waals surface area contributed by atoms with Gasteiger partial charge in [0.05, 0.1) is 17.8 Å². The van der Waals surface area contributed by atoms with Gasteiger partial charge in [-0.25, -0.2) is 9.97 Å². The lowest BCUT2D eigenvalue weighted by molar-refractivity contribution is -0.131. The van der Waals surface area contributed by atoms with Crippen LogP contribution in [0.4, 0.5) is 0 Å². The van der Waals surface area contributed by atoms with Crippen molar-refractivity contribution in [1.29, 1.82) is 0 Å². The Morgan fingerprint density at radius 1 is 1.20 bits per heavy atom. The summed E-state index contributed by atoms with van der Waals surface area (Å²) >= 11 is 2.75. The van der Waals surface area contributed by atoms with E-state index in [4.69, 9.17) is 4.98 Å². The third-order valence-corrected chi connectivity index (χ3v) is 8.80. The van der Waals surface area contributed by atoms with Crippen molar-refractivity contribution in [2.75, 3.05) is 12.3 Å². The molecule has 5 rings (SSSR count). The molecule has 0 N–H and O–H groups in total. The smallest absolute Gasteiger partial charge is 0.272 e. The Morgan fingerprint density at radius 3 is 2.74 bits per heavy atom. The maximum Gasteiger partial charge on any atom is 0.272 e. The molecular formula is C27H30N4O2S2. The van der Waals surface area contributed by atoms with E-state index in [1.165, 1.54) is 35.1 Å². The zero-order valence-electron chi connectivity index (χ0n) is 20.4. The molecule has 1 aliphatic rings. The number of rotatable bonds is 6. The van der Waals surface area contributed by atoms with Gasteiger partial charge in [-0.3, -0.25) is 14.2 Å². The summed E-state index contributed by atoms with van der Waals surface area (Å²) in [6, 6.07) is 12.5. The van der Waals surface area contributed by atoms with Crippen LogP contribution in [0.3, 0.4) is 0 Å². The molecule has 3 aromatic heterocycles. The summed E-state index contributed by atoms with van der Waals surface area (Å²) in [6.07, 6.45) is 5.01. The summed E-state index contributed by atoms with van der Waals surface area (Å²) in [7, 11) is 0. The van der Waals surface area contributed by atoms with Gasteiger partial charge in [0, 0.05) is 24.2 Å². The van der Waals surface area contributed by atoms with Gasteiger partial charge in [-0.05, 0) is 55.4 Å². The van der Waals surface area contributed by atoms with Crippen LogP contribution in [0.5, 0.6) is 0 Å². The number of amides is 1. The van der Waals surface area contributed by atoms with E-state index in [9.17, 15) is 9.59 Å². The number of thioether (sulfide) groups is 1. The molecule has 0 bridgehead atoms. The minimum absolute atomic E-state index is 0.0766. The van der Waals surface area contributed by atoms with Crippen molar-refractivity contribution in [3.8, 4) is 0 Å². The van der Waals surface area contributed by atoms with Gasteiger partial charge in [-0.1, -0.05) is 49.9 Å². The summed E-state index contributed by atoms with van der Waals surface area (Å²) in [6.45, 7) is 7.68. The third-order valence-electron chi connectivity index (χ3n) is 6.75. The summed E-state index contributed by atoms with van der Waals surface area (Å²) in [5.74, 6) is 0.834. The highest BCUT2D eigenvalue weighted by atomic mass is 32.2. The molecule has 1 aromatic carbocycles. The summed E-state index contributed by atoms with van der Waals surface area (Å²) in [5, 5.41) is 1.47. The molecule has 1 fully saturated rings. The number of carbonyl (C=O) groups is 1. The Hall–Kier alpha value is -2.71. The molecule has 4 heterocycles. The first kappa shape index (κ1) is 24.0. The topological polar surface area (TPSA) is 68.1 Å². The van der Waals surface area contributed by atoms with Crippen molar-refractivity contribution < 1.29 is 4.79 Å². The molecule has 1 atom stereocenters. The lowest BCUT2D eigenvalue weighted by Gasteiger charge is -2.33. The van der Waals surface area contributed by atoms with Gasteiger partial charge in [-0.2, -0.15) is 0 Å². The Morgan fingerprint density at radius 2 is 2.00 bits per heavy atom. The highest BCUT2D eigenvalue weighted by molar-refractivity contribution is 7.99. The van der Waals surface area contributed by atoms with Crippen LogP contribution in [0.2, 0.25) is 0 Å². The second-order valence-corrected chi connectivity index (χ2v) is 11.5.